The Balaban J connectivity index is 2.74. The molecule has 0 saturated heterocycles. The number of methoxy groups -OCH3 is 2. The van der Waals surface area contributed by atoms with Gasteiger partial charge >= 0.3 is 0 Å². The minimum atomic E-state index is -0.255. The van der Waals surface area contributed by atoms with E-state index in [1.165, 1.54) is 6.07 Å². The number of hydrogen-bond acceptors (Lipinski definition) is 3. The van der Waals surface area contributed by atoms with Crippen molar-refractivity contribution in [2.24, 2.45) is 5.73 Å². The van der Waals surface area contributed by atoms with Crippen LogP contribution in [-0.4, -0.2) is 14.2 Å². The summed E-state index contributed by atoms with van der Waals surface area (Å²) in [4.78, 5) is 0. The third kappa shape index (κ3) is 2.85. The summed E-state index contributed by atoms with van der Waals surface area (Å²) < 4.78 is 25.0. The monoisotopic (exact) mass is 289 g/mol. The van der Waals surface area contributed by atoms with Crippen molar-refractivity contribution < 1.29 is 13.9 Å². The summed E-state index contributed by atoms with van der Waals surface area (Å²) in [5.74, 6) is 0.894. The highest BCUT2D eigenvalue weighted by Crippen LogP contribution is 2.38. The highest BCUT2D eigenvalue weighted by Gasteiger charge is 2.16. The Labute approximate surface area is 124 Å². The largest absolute Gasteiger partial charge is 0.493 e. The van der Waals surface area contributed by atoms with E-state index in [4.69, 9.17) is 15.2 Å². The van der Waals surface area contributed by atoms with Crippen LogP contribution in [0.5, 0.6) is 11.5 Å². The Morgan fingerprint density at radius 2 is 1.62 bits per heavy atom. The second-order valence-electron chi connectivity index (χ2n) is 5.01. The van der Waals surface area contributed by atoms with Gasteiger partial charge in [0.1, 0.15) is 5.82 Å². The molecule has 0 amide bonds. The molecule has 21 heavy (non-hydrogen) atoms. The van der Waals surface area contributed by atoms with Gasteiger partial charge in [-0.15, -0.1) is 0 Å². The third-order valence-electron chi connectivity index (χ3n) is 3.53. The fourth-order valence-electron chi connectivity index (χ4n) is 2.58. The molecule has 2 N–H and O–H groups in total. The van der Waals surface area contributed by atoms with Crippen molar-refractivity contribution >= 4 is 0 Å². The van der Waals surface area contributed by atoms with Crippen LogP contribution in [0.2, 0.25) is 0 Å². The minimum Gasteiger partial charge on any atom is -0.493 e. The van der Waals surface area contributed by atoms with Gasteiger partial charge in [0.2, 0.25) is 0 Å². The molecule has 0 aliphatic heterocycles. The van der Waals surface area contributed by atoms with Crippen LogP contribution in [0.3, 0.4) is 0 Å². The fraction of sp³-hybridized carbons (Fsp3) is 0.294. The topological polar surface area (TPSA) is 44.5 Å². The molecule has 0 aromatic heterocycles. The van der Waals surface area contributed by atoms with Crippen molar-refractivity contribution in [2.75, 3.05) is 14.2 Å². The lowest BCUT2D eigenvalue weighted by atomic mass is 9.93. The molecule has 0 aliphatic carbocycles. The maximum atomic E-state index is 14.4. The number of halogens is 1. The molecule has 0 spiro atoms. The first-order valence-electron chi connectivity index (χ1n) is 6.73. The number of rotatable bonds is 4. The summed E-state index contributed by atoms with van der Waals surface area (Å²) in [6.07, 6.45) is 0. The van der Waals surface area contributed by atoms with Crippen LogP contribution in [0, 0.1) is 19.7 Å². The van der Waals surface area contributed by atoms with E-state index in [1.54, 1.807) is 26.4 Å². The van der Waals surface area contributed by atoms with E-state index in [-0.39, 0.29) is 5.82 Å². The van der Waals surface area contributed by atoms with Gasteiger partial charge in [-0.25, -0.2) is 4.39 Å². The number of hydrogen-bond donors (Lipinski definition) is 1. The predicted octanol–water partition coefficient (Wildman–Crippen LogP) is 3.59. The van der Waals surface area contributed by atoms with Crippen molar-refractivity contribution in [3.05, 3.63) is 46.8 Å². The molecule has 4 heteroatoms. The first-order valence-corrected chi connectivity index (χ1v) is 6.73. The summed E-state index contributed by atoms with van der Waals surface area (Å²) in [6, 6.07) is 7.06. The summed E-state index contributed by atoms with van der Waals surface area (Å²) in [7, 11) is 3.12. The highest BCUT2D eigenvalue weighted by molar-refractivity contribution is 5.74. The van der Waals surface area contributed by atoms with Gasteiger partial charge in [0.05, 0.1) is 14.2 Å². The van der Waals surface area contributed by atoms with Crippen LogP contribution < -0.4 is 15.2 Å². The Kier molecular flexibility index (Phi) is 4.48. The van der Waals surface area contributed by atoms with Crippen LogP contribution in [0.4, 0.5) is 4.39 Å². The first kappa shape index (κ1) is 15.3. The zero-order chi connectivity index (χ0) is 15.6. The molecule has 2 aromatic carbocycles. The summed E-state index contributed by atoms with van der Waals surface area (Å²) in [5, 5.41) is 0. The Morgan fingerprint density at radius 3 is 2.14 bits per heavy atom. The van der Waals surface area contributed by atoms with Gasteiger partial charge in [-0.3, -0.25) is 0 Å². The van der Waals surface area contributed by atoms with Crippen molar-refractivity contribution in [2.45, 2.75) is 20.4 Å². The average Bonchev–Trinajstić information content (AvgIpc) is 2.45. The third-order valence-corrected chi connectivity index (χ3v) is 3.53. The lowest BCUT2D eigenvalue weighted by molar-refractivity contribution is 0.354. The van der Waals surface area contributed by atoms with E-state index in [9.17, 15) is 4.39 Å². The molecule has 3 nitrogen and oxygen atoms in total. The summed E-state index contributed by atoms with van der Waals surface area (Å²) in [5.41, 5.74) is 9.69. The maximum absolute atomic E-state index is 14.4. The molecular formula is C17H20FNO2. The van der Waals surface area contributed by atoms with Crippen LogP contribution in [0.25, 0.3) is 11.1 Å². The molecule has 0 heterocycles. The van der Waals surface area contributed by atoms with Gasteiger partial charge in [-0.1, -0.05) is 6.07 Å². The van der Waals surface area contributed by atoms with E-state index in [1.807, 2.05) is 19.9 Å². The normalized spacial score (nSPS) is 10.6. The standard InChI is InChI=1S/C17H20FNO2/c1-10-5-11(2)17(14(18)6-10)13-8-16(21-4)15(20-3)7-12(13)9-19/h5-8H,9,19H2,1-4H3. The molecular weight excluding hydrogens is 269 g/mol. The smallest absolute Gasteiger partial charge is 0.161 e. The molecule has 0 unspecified atom stereocenters. The van der Waals surface area contributed by atoms with Crippen molar-refractivity contribution in [3.63, 3.8) is 0 Å². The fourth-order valence-corrected chi connectivity index (χ4v) is 2.58. The second-order valence-corrected chi connectivity index (χ2v) is 5.01. The van der Waals surface area contributed by atoms with Crippen LogP contribution >= 0.6 is 0 Å². The lowest BCUT2D eigenvalue weighted by Gasteiger charge is -2.16. The van der Waals surface area contributed by atoms with Gasteiger partial charge in [0.25, 0.3) is 0 Å². The number of aryl methyl sites for hydroxylation is 2. The van der Waals surface area contributed by atoms with E-state index in [0.717, 1.165) is 22.3 Å². The van der Waals surface area contributed by atoms with Gasteiger partial charge in [-0.05, 0) is 54.3 Å². The average molecular weight is 289 g/mol. The molecule has 0 saturated carbocycles. The van der Waals surface area contributed by atoms with E-state index in [2.05, 4.69) is 0 Å². The summed E-state index contributed by atoms with van der Waals surface area (Å²) >= 11 is 0. The quantitative estimate of drug-likeness (QED) is 0.935. The zero-order valence-corrected chi connectivity index (χ0v) is 12.8. The second kappa shape index (κ2) is 6.14. The first-order chi connectivity index (χ1) is 10.0. The SMILES string of the molecule is COc1cc(CN)c(-c2c(C)cc(C)cc2F)cc1OC. The van der Waals surface area contributed by atoms with Crippen molar-refractivity contribution in [1.82, 2.24) is 0 Å². The predicted molar refractivity (Wildman–Crippen MR) is 82.3 cm³/mol. The number of ether oxygens (including phenoxy) is 2. The molecule has 2 rings (SSSR count). The minimum absolute atomic E-state index is 0.255. The van der Waals surface area contributed by atoms with E-state index < -0.39 is 0 Å². The van der Waals surface area contributed by atoms with Gasteiger partial charge in [0, 0.05) is 12.1 Å². The van der Waals surface area contributed by atoms with Gasteiger partial charge < -0.3 is 15.2 Å². The Bertz CT molecular complexity index is 645. The van der Waals surface area contributed by atoms with Gasteiger partial charge in [0.15, 0.2) is 11.5 Å². The molecule has 112 valence electrons. The molecule has 0 aliphatic rings. The molecule has 2 aromatic rings. The molecule has 0 radical (unpaired) electrons. The van der Waals surface area contributed by atoms with Crippen LogP contribution in [0.1, 0.15) is 16.7 Å². The Hall–Kier alpha value is -2.07. The number of benzene rings is 2. The number of nitrogens with two attached hydrogens (primary N) is 1. The van der Waals surface area contributed by atoms with Crippen molar-refractivity contribution in [3.8, 4) is 22.6 Å². The Morgan fingerprint density at radius 1 is 1.00 bits per heavy atom. The van der Waals surface area contributed by atoms with E-state index in [0.29, 0.717) is 23.6 Å². The van der Waals surface area contributed by atoms with Crippen molar-refractivity contribution in [1.29, 1.82) is 0 Å². The van der Waals surface area contributed by atoms with E-state index >= 15 is 0 Å². The van der Waals surface area contributed by atoms with Gasteiger partial charge in [-0.2, -0.15) is 0 Å². The zero-order valence-electron chi connectivity index (χ0n) is 12.8. The van der Waals surface area contributed by atoms with Crippen LogP contribution in [0.15, 0.2) is 24.3 Å². The summed E-state index contributed by atoms with van der Waals surface area (Å²) in [6.45, 7) is 4.06. The molecule has 0 bridgehead atoms. The lowest BCUT2D eigenvalue weighted by Crippen LogP contribution is -2.03. The maximum Gasteiger partial charge on any atom is 0.161 e. The highest BCUT2D eigenvalue weighted by atomic mass is 19.1. The van der Waals surface area contributed by atoms with Crippen LogP contribution in [-0.2, 0) is 6.54 Å². The molecule has 0 atom stereocenters. The molecule has 0 fully saturated rings.